The normalized spacial score (nSPS) is 20.0. The van der Waals surface area contributed by atoms with Gasteiger partial charge < -0.3 is 9.72 Å². The lowest BCUT2D eigenvalue weighted by molar-refractivity contribution is 0.0946. The van der Waals surface area contributed by atoms with Gasteiger partial charge in [0.25, 0.3) is 5.91 Å². The van der Waals surface area contributed by atoms with Crippen LogP contribution in [0.2, 0.25) is 0 Å². The van der Waals surface area contributed by atoms with Gasteiger partial charge in [0.1, 0.15) is 17.2 Å². The largest absolute Gasteiger partial charge is 0.347 e. The van der Waals surface area contributed by atoms with Gasteiger partial charge in [-0.2, -0.15) is 0 Å². The number of benzene rings is 1. The maximum atomic E-state index is 13.2. The molecule has 22 heavy (non-hydrogen) atoms. The van der Waals surface area contributed by atoms with E-state index in [0.717, 1.165) is 17.6 Å². The van der Waals surface area contributed by atoms with Crippen LogP contribution < -0.4 is 5.32 Å². The minimum absolute atomic E-state index is 0.0547. The molecule has 4 rings (SSSR count). The van der Waals surface area contributed by atoms with Crippen LogP contribution in [0, 0.1) is 5.82 Å². The third kappa shape index (κ3) is 2.35. The minimum atomic E-state index is -0.241. The summed E-state index contributed by atoms with van der Waals surface area (Å²) in [6.07, 6.45) is 4.40. The summed E-state index contributed by atoms with van der Waals surface area (Å²) in [7, 11) is 0. The van der Waals surface area contributed by atoms with Crippen molar-refractivity contribution >= 4 is 11.6 Å². The lowest BCUT2D eigenvalue weighted by Gasteiger charge is -2.03. The number of nitrogens with one attached hydrogen (secondary N) is 1. The molecule has 0 bridgehead atoms. The highest BCUT2D eigenvalue weighted by atomic mass is 19.1. The summed E-state index contributed by atoms with van der Waals surface area (Å²) in [4.78, 5) is 16.5. The predicted octanol–water partition coefficient (Wildman–Crippen LogP) is 2.76. The molecule has 5 heteroatoms. The van der Waals surface area contributed by atoms with E-state index in [1.54, 1.807) is 12.3 Å². The Kier molecular flexibility index (Phi) is 2.92. The fraction of sp³-hybridized carbons (Fsp3) is 0.176. The van der Waals surface area contributed by atoms with Crippen molar-refractivity contribution in [1.82, 2.24) is 14.7 Å². The molecule has 1 fully saturated rings. The van der Waals surface area contributed by atoms with Crippen molar-refractivity contribution in [3.05, 3.63) is 71.9 Å². The van der Waals surface area contributed by atoms with E-state index < -0.39 is 0 Å². The molecule has 2 aromatic heterocycles. The van der Waals surface area contributed by atoms with Crippen molar-refractivity contribution in [1.29, 1.82) is 0 Å². The summed E-state index contributed by atoms with van der Waals surface area (Å²) in [5.74, 6) is -0.237. The Balaban J connectivity index is 1.47. The second-order valence-corrected chi connectivity index (χ2v) is 5.57. The molecule has 2 unspecified atom stereocenters. The first kappa shape index (κ1) is 13.0. The number of imidazole rings is 1. The zero-order valence-electron chi connectivity index (χ0n) is 11.7. The maximum absolute atomic E-state index is 13.2. The number of nitrogens with zero attached hydrogens (tertiary/aromatic N) is 2. The molecule has 1 amide bonds. The second kappa shape index (κ2) is 4.94. The first-order valence-corrected chi connectivity index (χ1v) is 7.21. The van der Waals surface area contributed by atoms with Crippen LogP contribution in [0.15, 0.2) is 54.9 Å². The van der Waals surface area contributed by atoms with Crippen molar-refractivity contribution in [3.63, 3.8) is 0 Å². The first-order valence-electron chi connectivity index (χ1n) is 7.21. The first-order chi connectivity index (χ1) is 10.7. The number of rotatable bonds is 3. The average Bonchev–Trinajstić information content (AvgIpc) is 3.14. The standard InChI is InChI=1S/C17H14FN3O/c18-12-5-3-4-11(8-12)13-9-14(13)20-17(22)15-10-21-7-2-1-6-16(21)19-15/h1-8,10,13-14H,9H2,(H,20,22). The van der Waals surface area contributed by atoms with Gasteiger partial charge in [0.2, 0.25) is 0 Å². The van der Waals surface area contributed by atoms with Gasteiger partial charge >= 0.3 is 0 Å². The topological polar surface area (TPSA) is 46.4 Å². The van der Waals surface area contributed by atoms with Crippen LogP contribution in [0.5, 0.6) is 0 Å². The van der Waals surface area contributed by atoms with E-state index in [-0.39, 0.29) is 23.7 Å². The zero-order chi connectivity index (χ0) is 15.1. The van der Waals surface area contributed by atoms with E-state index in [1.165, 1.54) is 12.1 Å². The highest BCUT2D eigenvalue weighted by molar-refractivity contribution is 5.93. The third-order valence-corrected chi connectivity index (χ3v) is 3.98. The quantitative estimate of drug-likeness (QED) is 0.807. The van der Waals surface area contributed by atoms with Crippen LogP contribution in [0.4, 0.5) is 4.39 Å². The Labute approximate surface area is 126 Å². The Hall–Kier alpha value is -2.69. The number of aromatic nitrogens is 2. The SMILES string of the molecule is O=C(NC1CC1c1cccc(F)c1)c1cn2ccccc2n1. The van der Waals surface area contributed by atoms with Crippen LogP contribution in [-0.4, -0.2) is 21.3 Å². The molecule has 4 nitrogen and oxygen atoms in total. The maximum Gasteiger partial charge on any atom is 0.271 e. The lowest BCUT2D eigenvalue weighted by Crippen LogP contribution is -2.26. The van der Waals surface area contributed by atoms with Crippen LogP contribution in [0.25, 0.3) is 5.65 Å². The Morgan fingerprint density at radius 1 is 1.27 bits per heavy atom. The zero-order valence-corrected chi connectivity index (χ0v) is 11.7. The minimum Gasteiger partial charge on any atom is -0.347 e. The van der Waals surface area contributed by atoms with E-state index in [2.05, 4.69) is 10.3 Å². The second-order valence-electron chi connectivity index (χ2n) is 5.57. The average molecular weight is 295 g/mol. The third-order valence-electron chi connectivity index (χ3n) is 3.98. The van der Waals surface area contributed by atoms with Gasteiger partial charge in [-0.1, -0.05) is 18.2 Å². The molecule has 110 valence electrons. The molecule has 1 aromatic carbocycles. The number of hydrogen-bond donors (Lipinski definition) is 1. The van der Waals surface area contributed by atoms with Gasteiger partial charge in [0, 0.05) is 24.4 Å². The van der Waals surface area contributed by atoms with Crippen molar-refractivity contribution < 1.29 is 9.18 Å². The number of fused-ring (bicyclic) bond motifs is 1. The fourth-order valence-electron chi connectivity index (χ4n) is 2.75. The smallest absolute Gasteiger partial charge is 0.271 e. The summed E-state index contributed by atoms with van der Waals surface area (Å²) < 4.78 is 15.0. The summed E-state index contributed by atoms with van der Waals surface area (Å²) >= 11 is 0. The number of carbonyl (C=O) groups is 1. The number of carbonyl (C=O) groups excluding carboxylic acids is 1. The summed E-state index contributed by atoms with van der Waals surface area (Å²) in [6, 6.07) is 12.2. The van der Waals surface area contributed by atoms with Gasteiger partial charge in [-0.3, -0.25) is 4.79 Å². The summed E-state index contributed by atoms with van der Waals surface area (Å²) in [5, 5.41) is 2.96. The molecule has 0 radical (unpaired) electrons. The van der Waals surface area contributed by atoms with Crippen LogP contribution in [0.1, 0.15) is 28.4 Å². The molecule has 1 saturated carbocycles. The lowest BCUT2D eigenvalue weighted by atomic mass is 10.1. The van der Waals surface area contributed by atoms with Crippen molar-refractivity contribution in [2.75, 3.05) is 0 Å². The molecule has 2 atom stereocenters. The van der Waals surface area contributed by atoms with Crippen LogP contribution in [0.3, 0.4) is 0 Å². The molecule has 0 aliphatic heterocycles. The van der Waals surface area contributed by atoms with Gasteiger partial charge in [-0.25, -0.2) is 9.37 Å². The highest BCUT2D eigenvalue weighted by Gasteiger charge is 2.40. The Morgan fingerprint density at radius 2 is 2.18 bits per heavy atom. The number of halogens is 1. The fourth-order valence-corrected chi connectivity index (χ4v) is 2.75. The number of amides is 1. The van der Waals surface area contributed by atoms with Crippen molar-refractivity contribution in [3.8, 4) is 0 Å². The Bertz CT molecular complexity index is 825. The molecule has 1 aliphatic carbocycles. The van der Waals surface area contributed by atoms with E-state index in [9.17, 15) is 9.18 Å². The molecule has 1 aliphatic rings. The van der Waals surface area contributed by atoms with Gasteiger partial charge in [0.05, 0.1) is 0 Å². The molecule has 1 N–H and O–H groups in total. The predicted molar refractivity (Wildman–Crippen MR) is 80.2 cm³/mol. The molecule has 3 aromatic rings. The van der Waals surface area contributed by atoms with Gasteiger partial charge in [-0.15, -0.1) is 0 Å². The van der Waals surface area contributed by atoms with E-state index in [4.69, 9.17) is 0 Å². The van der Waals surface area contributed by atoms with Gasteiger partial charge in [0.15, 0.2) is 0 Å². The van der Waals surface area contributed by atoms with E-state index in [1.807, 2.05) is 34.9 Å². The van der Waals surface area contributed by atoms with Crippen LogP contribution in [-0.2, 0) is 0 Å². The Morgan fingerprint density at radius 3 is 3.00 bits per heavy atom. The monoisotopic (exact) mass is 295 g/mol. The van der Waals surface area contributed by atoms with Crippen LogP contribution >= 0.6 is 0 Å². The van der Waals surface area contributed by atoms with Crippen molar-refractivity contribution in [2.45, 2.75) is 18.4 Å². The van der Waals surface area contributed by atoms with Crippen molar-refractivity contribution in [2.24, 2.45) is 0 Å². The highest BCUT2D eigenvalue weighted by Crippen LogP contribution is 2.41. The molecular weight excluding hydrogens is 281 g/mol. The number of pyridine rings is 1. The molecule has 0 saturated heterocycles. The molecule has 2 heterocycles. The molecule has 0 spiro atoms. The van der Waals surface area contributed by atoms with E-state index in [0.29, 0.717) is 5.69 Å². The van der Waals surface area contributed by atoms with E-state index >= 15 is 0 Å². The summed E-state index contributed by atoms with van der Waals surface area (Å²) in [6.45, 7) is 0. The molecular formula is C17H14FN3O. The number of hydrogen-bond acceptors (Lipinski definition) is 2. The summed E-state index contributed by atoms with van der Waals surface area (Å²) in [5.41, 5.74) is 2.07. The van der Waals surface area contributed by atoms with Gasteiger partial charge in [-0.05, 0) is 36.2 Å².